The molecule has 0 aliphatic carbocycles. The quantitative estimate of drug-likeness (QED) is 0.772. The molecule has 1 aliphatic heterocycles. The van der Waals surface area contributed by atoms with Gasteiger partial charge in [0.25, 0.3) is 0 Å². The van der Waals surface area contributed by atoms with Crippen LogP contribution in [0.15, 0.2) is 41.4 Å². The fourth-order valence-corrected chi connectivity index (χ4v) is 4.92. The van der Waals surface area contributed by atoms with Crippen molar-refractivity contribution < 1.29 is 13.5 Å². The fraction of sp³-hybridized carbons (Fsp3) is 0.526. The Balaban J connectivity index is 1.66. The van der Waals surface area contributed by atoms with E-state index in [9.17, 15) is 13.5 Å². The molecule has 6 nitrogen and oxygen atoms in total. The second-order valence-electron chi connectivity index (χ2n) is 6.89. The highest BCUT2D eigenvalue weighted by Crippen LogP contribution is 2.21. The number of nitrogens with zero attached hydrogens (tertiary/aromatic N) is 2. The molecule has 1 fully saturated rings. The van der Waals surface area contributed by atoms with E-state index in [4.69, 9.17) is 0 Å². The summed E-state index contributed by atoms with van der Waals surface area (Å²) in [5, 5.41) is 11.1. The lowest BCUT2D eigenvalue weighted by molar-refractivity contribution is 0.0683. The molecule has 2 heterocycles. The van der Waals surface area contributed by atoms with Crippen LogP contribution in [-0.4, -0.2) is 55.2 Å². The van der Waals surface area contributed by atoms with Crippen molar-refractivity contribution in [3.05, 3.63) is 36.5 Å². The Kier molecular flexibility index (Phi) is 6.24. The lowest BCUT2D eigenvalue weighted by Crippen LogP contribution is -2.46. The maximum Gasteiger partial charge on any atom is 0.242 e. The summed E-state index contributed by atoms with van der Waals surface area (Å²) >= 11 is 0. The molecular weight excluding hydrogens is 350 g/mol. The topological polar surface area (TPSA) is 82.5 Å². The number of pyridine rings is 1. The van der Waals surface area contributed by atoms with Gasteiger partial charge in [-0.25, -0.2) is 13.1 Å². The molecule has 0 unspecified atom stereocenters. The van der Waals surface area contributed by atoms with E-state index < -0.39 is 16.1 Å². The van der Waals surface area contributed by atoms with E-state index in [-0.39, 0.29) is 11.4 Å². The maximum atomic E-state index is 12.7. The zero-order valence-corrected chi connectivity index (χ0v) is 16.0. The molecular formula is C19H27N3O3S. The zero-order chi connectivity index (χ0) is 18.6. The van der Waals surface area contributed by atoms with E-state index in [1.165, 1.54) is 6.42 Å². The molecule has 0 spiro atoms. The van der Waals surface area contributed by atoms with Gasteiger partial charge in [0.2, 0.25) is 10.0 Å². The number of aliphatic hydroxyl groups is 1. The highest BCUT2D eigenvalue weighted by Gasteiger charge is 2.24. The predicted molar refractivity (Wildman–Crippen MR) is 102 cm³/mol. The fourth-order valence-electron chi connectivity index (χ4n) is 3.67. The first-order chi connectivity index (χ1) is 12.5. The molecule has 1 saturated heterocycles. The molecule has 0 saturated carbocycles. The predicted octanol–water partition coefficient (Wildman–Crippen LogP) is 2.14. The zero-order valence-electron chi connectivity index (χ0n) is 15.1. The number of aromatic nitrogens is 1. The van der Waals surface area contributed by atoms with Crippen molar-refractivity contribution in [2.24, 2.45) is 0 Å². The van der Waals surface area contributed by atoms with Crippen molar-refractivity contribution in [2.75, 3.05) is 19.6 Å². The van der Waals surface area contributed by atoms with E-state index in [1.807, 2.05) is 12.1 Å². The second-order valence-corrected chi connectivity index (χ2v) is 8.63. The number of nitrogens with one attached hydrogen (secondary N) is 1. The van der Waals surface area contributed by atoms with Gasteiger partial charge >= 0.3 is 0 Å². The summed E-state index contributed by atoms with van der Waals surface area (Å²) in [6.07, 6.45) is 5.41. The van der Waals surface area contributed by atoms with Crippen molar-refractivity contribution in [2.45, 2.75) is 49.6 Å². The van der Waals surface area contributed by atoms with Crippen LogP contribution < -0.4 is 4.72 Å². The molecule has 1 aromatic carbocycles. The highest BCUT2D eigenvalue weighted by atomic mass is 32.2. The SMILES string of the molecule is CC[C@H]1CCCCN1C[C@@H](O)CNS(=O)(=O)c1cccc2cccnc12. The Morgan fingerprint density at radius 2 is 2.12 bits per heavy atom. The largest absolute Gasteiger partial charge is 0.390 e. The third-order valence-electron chi connectivity index (χ3n) is 5.06. The summed E-state index contributed by atoms with van der Waals surface area (Å²) in [4.78, 5) is 6.62. The number of fused-ring (bicyclic) bond motifs is 1. The summed E-state index contributed by atoms with van der Waals surface area (Å²) in [5.74, 6) is 0. The van der Waals surface area contributed by atoms with Crippen LogP contribution in [0.2, 0.25) is 0 Å². The Bertz CT molecular complexity index is 836. The summed E-state index contributed by atoms with van der Waals surface area (Å²) in [6.45, 7) is 3.62. The van der Waals surface area contributed by atoms with Crippen molar-refractivity contribution >= 4 is 20.9 Å². The normalized spacial score (nSPS) is 20.3. The number of hydrogen-bond acceptors (Lipinski definition) is 5. The lowest BCUT2D eigenvalue weighted by Gasteiger charge is -2.36. The third kappa shape index (κ3) is 4.40. The minimum Gasteiger partial charge on any atom is -0.390 e. The van der Waals surface area contributed by atoms with Gasteiger partial charge in [0.05, 0.1) is 11.6 Å². The van der Waals surface area contributed by atoms with Gasteiger partial charge in [0.15, 0.2) is 0 Å². The van der Waals surface area contributed by atoms with Crippen LogP contribution in [0.4, 0.5) is 0 Å². The Hall–Kier alpha value is -1.54. The molecule has 2 N–H and O–H groups in total. The molecule has 0 bridgehead atoms. The average Bonchev–Trinajstić information content (AvgIpc) is 2.66. The summed E-state index contributed by atoms with van der Waals surface area (Å²) in [7, 11) is -3.73. The standard InChI is InChI=1S/C19H27N3O3S/c1-2-16-9-3-4-12-22(16)14-17(23)13-21-26(24,25)18-10-5-7-15-8-6-11-20-19(15)18/h5-8,10-11,16-17,21,23H,2-4,9,12-14H2,1H3/t16-,17-/m0/s1. The molecule has 2 aromatic rings. The lowest BCUT2D eigenvalue weighted by atomic mass is 9.99. The first-order valence-corrected chi connectivity index (χ1v) is 10.7. The molecule has 1 aliphatic rings. The van der Waals surface area contributed by atoms with E-state index in [2.05, 4.69) is 21.5 Å². The van der Waals surface area contributed by atoms with E-state index in [1.54, 1.807) is 24.4 Å². The van der Waals surface area contributed by atoms with Crippen molar-refractivity contribution in [3.8, 4) is 0 Å². The number of sulfonamides is 1. The second kappa shape index (κ2) is 8.43. The van der Waals surface area contributed by atoms with Crippen LogP contribution in [0.1, 0.15) is 32.6 Å². The van der Waals surface area contributed by atoms with E-state index >= 15 is 0 Å². The van der Waals surface area contributed by atoms with Crippen LogP contribution in [0, 0.1) is 0 Å². The monoisotopic (exact) mass is 377 g/mol. The number of para-hydroxylation sites is 1. The molecule has 1 aromatic heterocycles. The number of β-amino-alcohol motifs (C(OH)–C–C–N with tert-alkyl or cyclic N) is 1. The Morgan fingerprint density at radius 3 is 2.92 bits per heavy atom. The van der Waals surface area contributed by atoms with Crippen LogP contribution in [-0.2, 0) is 10.0 Å². The minimum absolute atomic E-state index is 0.00150. The number of rotatable bonds is 7. The van der Waals surface area contributed by atoms with Gasteiger partial charge in [0, 0.05) is 30.7 Å². The van der Waals surface area contributed by atoms with Gasteiger partial charge in [-0.1, -0.05) is 31.5 Å². The number of likely N-dealkylation sites (tertiary alicyclic amines) is 1. The van der Waals surface area contributed by atoms with Crippen LogP contribution in [0.3, 0.4) is 0 Å². The Morgan fingerprint density at radius 1 is 1.31 bits per heavy atom. The molecule has 7 heteroatoms. The molecule has 0 radical (unpaired) electrons. The molecule has 2 atom stereocenters. The van der Waals surface area contributed by atoms with E-state index in [0.717, 1.165) is 31.2 Å². The van der Waals surface area contributed by atoms with Crippen LogP contribution in [0.25, 0.3) is 10.9 Å². The van der Waals surface area contributed by atoms with Crippen molar-refractivity contribution in [3.63, 3.8) is 0 Å². The molecule has 3 rings (SSSR count). The minimum atomic E-state index is -3.73. The van der Waals surface area contributed by atoms with Gasteiger partial charge in [-0.3, -0.25) is 9.88 Å². The average molecular weight is 378 g/mol. The van der Waals surface area contributed by atoms with Gasteiger partial charge in [-0.05, 0) is 37.9 Å². The van der Waals surface area contributed by atoms with Gasteiger partial charge < -0.3 is 5.11 Å². The first kappa shape index (κ1) is 19.2. The first-order valence-electron chi connectivity index (χ1n) is 9.27. The van der Waals surface area contributed by atoms with E-state index in [0.29, 0.717) is 18.1 Å². The van der Waals surface area contributed by atoms with Gasteiger partial charge in [0.1, 0.15) is 4.90 Å². The number of hydrogen-bond donors (Lipinski definition) is 2. The molecule has 142 valence electrons. The van der Waals surface area contributed by atoms with Gasteiger partial charge in [-0.15, -0.1) is 0 Å². The summed E-state index contributed by atoms with van der Waals surface area (Å²) in [5.41, 5.74) is 0.444. The highest BCUT2D eigenvalue weighted by molar-refractivity contribution is 7.89. The van der Waals surface area contributed by atoms with Gasteiger partial charge in [-0.2, -0.15) is 0 Å². The number of benzene rings is 1. The van der Waals surface area contributed by atoms with Crippen LogP contribution in [0.5, 0.6) is 0 Å². The number of aliphatic hydroxyl groups excluding tert-OH is 1. The molecule has 0 amide bonds. The smallest absolute Gasteiger partial charge is 0.242 e. The Labute approximate surface area is 155 Å². The maximum absolute atomic E-state index is 12.7. The van der Waals surface area contributed by atoms with Crippen LogP contribution >= 0.6 is 0 Å². The summed E-state index contributed by atoms with van der Waals surface area (Å²) < 4.78 is 27.9. The van der Waals surface area contributed by atoms with Crippen molar-refractivity contribution in [1.29, 1.82) is 0 Å². The van der Waals surface area contributed by atoms with Crippen molar-refractivity contribution in [1.82, 2.24) is 14.6 Å². The number of piperidine rings is 1. The summed E-state index contributed by atoms with van der Waals surface area (Å²) in [6, 6.07) is 9.17. The molecule has 26 heavy (non-hydrogen) atoms. The third-order valence-corrected chi connectivity index (χ3v) is 6.51.